The average molecular weight is 277 g/mol. The Morgan fingerprint density at radius 1 is 1.41 bits per heavy atom. The highest BCUT2D eigenvalue weighted by Crippen LogP contribution is 2.01. The maximum Gasteiger partial charge on any atom is 0.213 e. The number of rotatable bonds is 8. The molecule has 0 saturated heterocycles. The summed E-state index contributed by atoms with van der Waals surface area (Å²) >= 11 is 1.46. The van der Waals surface area contributed by atoms with Crippen LogP contribution in [0.4, 0.5) is 0 Å². The van der Waals surface area contributed by atoms with Gasteiger partial charge in [-0.05, 0) is 13.1 Å². The summed E-state index contributed by atoms with van der Waals surface area (Å²) in [6.45, 7) is 6.65. The molecule has 1 aromatic heterocycles. The molecule has 0 aliphatic rings. The third-order valence-electron chi connectivity index (χ3n) is 2.53. The van der Waals surface area contributed by atoms with Gasteiger partial charge in [0.05, 0.1) is 23.5 Å². The lowest BCUT2D eigenvalue weighted by Crippen LogP contribution is -2.34. The summed E-state index contributed by atoms with van der Waals surface area (Å²) in [5, 5.41) is 1.84. The number of aromatic nitrogens is 1. The molecule has 0 aliphatic heterocycles. The number of nitrogens with one attached hydrogen (secondary N) is 1. The van der Waals surface area contributed by atoms with Crippen molar-refractivity contribution < 1.29 is 8.42 Å². The average Bonchev–Trinajstić information content (AvgIpc) is 2.81. The Labute approximate surface area is 107 Å². The third-order valence-corrected chi connectivity index (χ3v) is 4.47. The molecule has 1 heterocycles. The van der Waals surface area contributed by atoms with E-state index in [0.29, 0.717) is 6.54 Å². The van der Waals surface area contributed by atoms with Crippen molar-refractivity contribution in [1.29, 1.82) is 0 Å². The Hall–Kier alpha value is -0.500. The van der Waals surface area contributed by atoms with E-state index >= 15 is 0 Å². The topological polar surface area (TPSA) is 62.3 Å². The van der Waals surface area contributed by atoms with E-state index in [0.717, 1.165) is 18.8 Å². The van der Waals surface area contributed by atoms with Crippen LogP contribution < -0.4 is 4.72 Å². The molecule has 1 rings (SSSR count). The SMILES string of the molecule is CCN(CC)CCS(=O)(=O)NCc1cscn1. The quantitative estimate of drug-likeness (QED) is 0.767. The molecule has 0 spiro atoms. The van der Waals surface area contributed by atoms with E-state index in [1.54, 1.807) is 5.51 Å². The molecule has 0 amide bonds. The zero-order chi connectivity index (χ0) is 12.7. The lowest BCUT2D eigenvalue weighted by molar-refractivity contribution is 0.321. The van der Waals surface area contributed by atoms with Gasteiger partial charge in [0.2, 0.25) is 10.0 Å². The number of hydrogen-bond acceptors (Lipinski definition) is 5. The van der Waals surface area contributed by atoms with E-state index in [-0.39, 0.29) is 12.3 Å². The van der Waals surface area contributed by atoms with Gasteiger partial charge in [-0.25, -0.2) is 18.1 Å². The van der Waals surface area contributed by atoms with Gasteiger partial charge in [-0.3, -0.25) is 0 Å². The van der Waals surface area contributed by atoms with Gasteiger partial charge >= 0.3 is 0 Å². The highest BCUT2D eigenvalue weighted by Gasteiger charge is 2.12. The molecule has 0 unspecified atom stereocenters. The predicted molar refractivity (Wildman–Crippen MR) is 70.5 cm³/mol. The fourth-order valence-corrected chi connectivity index (χ4v) is 2.94. The van der Waals surface area contributed by atoms with Crippen LogP contribution in [0.15, 0.2) is 10.9 Å². The van der Waals surface area contributed by atoms with Gasteiger partial charge in [-0.1, -0.05) is 13.8 Å². The van der Waals surface area contributed by atoms with Crippen molar-refractivity contribution in [3.8, 4) is 0 Å². The van der Waals surface area contributed by atoms with Crippen molar-refractivity contribution in [2.24, 2.45) is 0 Å². The Bertz CT molecular complexity index is 399. The van der Waals surface area contributed by atoms with Gasteiger partial charge in [-0.15, -0.1) is 11.3 Å². The van der Waals surface area contributed by atoms with Crippen LogP contribution in [-0.4, -0.2) is 43.7 Å². The molecule has 0 aliphatic carbocycles. The van der Waals surface area contributed by atoms with Crippen LogP contribution >= 0.6 is 11.3 Å². The van der Waals surface area contributed by atoms with Crippen molar-refractivity contribution in [3.05, 3.63) is 16.6 Å². The van der Waals surface area contributed by atoms with Crippen molar-refractivity contribution in [1.82, 2.24) is 14.6 Å². The molecule has 1 aromatic rings. The number of thiazole rings is 1. The van der Waals surface area contributed by atoms with Crippen LogP contribution in [0.1, 0.15) is 19.5 Å². The molecule has 98 valence electrons. The zero-order valence-corrected chi connectivity index (χ0v) is 11.9. The predicted octanol–water partition coefficient (Wildman–Crippen LogP) is 0.904. The first kappa shape index (κ1) is 14.6. The minimum absolute atomic E-state index is 0.138. The van der Waals surface area contributed by atoms with Crippen molar-refractivity contribution in [2.75, 3.05) is 25.4 Å². The van der Waals surface area contributed by atoms with Crippen LogP contribution in [0.25, 0.3) is 0 Å². The molecule has 0 saturated carbocycles. The van der Waals surface area contributed by atoms with Gasteiger partial charge in [0.25, 0.3) is 0 Å². The summed E-state index contributed by atoms with van der Waals surface area (Å²) in [7, 11) is -3.20. The van der Waals surface area contributed by atoms with E-state index in [4.69, 9.17) is 0 Å². The summed E-state index contributed by atoms with van der Waals surface area (Å²) < 4.78 is 26.0. The third kappa shape index (κ3) is 5.58. The van der Waals surface area contributed by atoms with E-state index in [2.05, 4.69) is 14.6 Å². The monoisotopic (exact) mass is 277 g/mol. The highest BCUT2D eigenvalue weighted by molar-refractivity contribution is 7.89. The van der Waals surface area contributed by atoms with Gasteiger partial charge in [-0.2, -0.15) is 0 Å². The van der Waals surface area contributed by atoms with Crippen LogP contribution in [-0.2, 0) is 16.6 Å². The molecule has 0 fully saturated rings. The van der Waals surface area contributed by atoms with Crippen molar-refractivity contribution in [2.45, 2.75) is 20.4 Å². The van der Waals surface area contributed by atoms with Gasteiger partial charge in [0.1, 0.15) is 0 Å². The molecule has 0 atom stereocenters. The second-order valence-corrected chi connectivity index (χ2v) is 6.29. The number of hydrogen-bond donors (Lipinski definition) is 1. The Balaban J connectivity index is 2.36. The lowest BCUT2D eigenvalue weighted by Gasteiger charge is -2.17. The summed E-state index contributed by atoms with van der Waals surface area (Å²) in [6.07, 6.45) is 0. The molecule has 0 radical (unpaired) electrons. The minimum Gasteiger partial charge on any atom is -0.303 e. The van der Waals surface area contributed by atoms with Crippen LogP contribution in [0, 0.1) is 0 Å². The first-order valence-electron chi connectivity index (χ1n) is 5.64. The fraction of sp³-hybridized carbons (Fsp3) is 0.700. The highest BCUT2D eigenvalue weighted by atomic mass is 32.2. The minimum atomic E-state index is -3.20. The first-order chi connectivity index (χ1) is 8.07. The first-order valence-corrected chi connectivity index (χ1v) is 8.23. The Morgan fingerprint density at radius 3 is 2.65 bits per heavy atom. The van der Waals surface area contributed by atoms with E-state index < -0.39 is 10.0 Å². The largest absolute Gasteiger partial charge is 0.303 e. The summed E-state index contributed by atoms with van der Waals surface area (Å²) in [5.74, 6) is 0.138. The van der Waals surface area contributed by atoms with Crippen molar-refractivity contribution >= 4 is 21.4 Å². The van der Waals surface area contributed by atoms with E-state index in [1.807, 2.05) is 19.2 Å². The molecular weight excluding hydrogens is 258 g/mol. The van der Waals surface area contributed by atoms with Gasteiger partial charge < -0.3 is 4.90 Å². The summed E-state index contributed by atoms with van der Waals surface area (Å²) in [4.78, 5) is 6.11. The molecular formula is C10H19N3O2S2. The summed E-state index contributed by atoms with van der Waals surface area (Å²) in [5.41, 5.74) is 2.46. The lowest BCUT2D eigenvalue weighted by atomic mass is 10.5. The number of sulfonamides is 1. The summed E-state index contributed by atoms with van der Waals surface area (Å²) in [6, 6.07) is 0. The molecule has 7 heteroatoms. The Kier molecular flexibility index (Phi) is 6.04. The zero-order valence-electron chi connectivity index (χ0n) is 10.2. The van der Waals surface area contributed by atoms with Gasteiger partial charge in [0, 0.05) is 11.9 Å². The smallest absolute Gasteiger partial charge is 0.213 e. The van der Waals surface area contributed by atoms with Gasteiger partial charge in [0.15, 0.2) is 0 Å². The van der Waals surface area contributed by atoms with Crippen LogP contribution in [0.2, 0.25) is 0 Å². The van der Waals surface area contributed by atoms with Crippen molar-refractivity contribution in [3.63, 3.8) is 0 Å². The maximum absolute atomic E-state index is 11.7. The Morgan fingerprint density at radius 2 is 2.12 bits per heavy atom. The molecule has 17 heavy (non-hydrogen) atoms. The second-order valence-electron chi connectivity index (χ2n) is 3.65. The second kappa shape index (κ2) is 7.05. The van der Waals surface area contributed by atoms with E-state index in [1.165, 1.54) is 11.3 Å². The fourth-order valence-electron chi connectivity index (χ4n) is 1.37. The molecule has 0 bridgehead atoms. The van der Waals surface area contributed by atoms with Crippen LogP contribution in [0.5, 0.6) is 0 Å². The molecule has 0 aromatic carbocycles. The van der Waals surface area contributed by atoms with E-state index in [9.17, 15) is 8.42 Å². The van der Waals surface area contributed by atoms with Crippen LogP contribution in [0.3, 0.4) is 0 Å². The normalized spacial score (nSPS) is 12.2. The number of nitrogens with zero attached hydrogens (tertiary/aromatic N) is 2. The standard InChI is InChI=1S/C10H19N3O2S2/c1-3-13(4-2)5-6-17(14,15)12-7-10-8-16-9-11-10/h8-9,12H,3-7H2,1-2H3. The maximum atomic E-state index is 11.7. The molecule has 1 N–H and O–H groups in total. The molecule has 5 nitrogen and oxygen atoms in total.